The second-order valence-electron chi connectivity index (χ2n) is 3.96. The van der Waals surface area contributed by atoms with E-state index in [9.17, 15) is 0 Å². The summed E-state index contributed by atoms with van der Waals surface area (Å²) in [4.78, 5) is 0. The maximum Gasteiger partial charge on any atom is 0.124 e. The lowest BCUT2D eigenvalue weighted by Gasteiger charge is -2.11. The second-order valence-corrected chi connectivity index (χ2v) is 3.96. The number of aryl methyl sites for hydroxylation is 1. The molecule has 76 valence electrons. The Morgan fingerprint density at radius 1 is 1.50 bits per heavy atom. The topological polar surface area (TPSA) is 29.5 Å². The fourth-order valence-electron chi connectivity index (χ4n) is 2.21. The third-order valence-electron chi connectivity index (χ3n) is 3.09. The van der Waals surface area contributed by atoms with Crippen molar-refractivity contribution in [2.24, 2.45) is 0 Å². The van der Waals surface area contributed by atoms with Crippen LogP contribution in [0.4, 0.5) is 0 Å². The van der Waals surface area contributed by atoms with Crippen molar-refractivity contribution in [3.05, 3.63) is 28.8 Å². The minimum absolute atomic E-state index is 0.0604. The molecule has 2 nitrogen and oxygen atoms in total. The first kappa shape index (κ1) is 9.53. The molecule has 0 spiro atoms. The van der Waals surface area contributed by atoms with Gasteiger partial charge in [-0.2, -0.15) is 0 Å². The third kappa shape index (κ3) is 1.40. The van der Waals surface area contributed by atoms with Gasteiger partial charge in [0.05, 0.1) is 13.7 Å². The largest absolute Gasteiger partial charge is 0.496 e. The molecule has 2 rings (SSSR count). The van der Waals surface area contributed by atoms with Crippen molar-refractivity contribution in [2.75, 3.05) is 7.11 Å². The Hall–Kier alpha value is -1.02. The van der Waals surface area contributed by atoms with Crippen molar-refractivity contribution < 1.29 is 9.84 Å². The van der Waals surface area contributed by atoms with Crippen molar-refractivity contribution in [1.29, 1.82) is 0 Å². The van der Waals surface area contributed by atoms with E-state index in [2.05, 4.69) is 19.1 Å². The third-order valence-corrected chi connectivity index (χ3v) is 3.09. The van der Waals surface area contributed by atoms with Crippen LogP contribution in [-0.2, 0) is 13.0 Å². The van der Waals surface area contributed by atoms with Crippen LogP contribution in [0.1, 0.15) is 36.0 Å². The van der Waals surface area contributed by atoms with Crippen LogP contribution >= 0.6 is 0 Å². The van der Waals surface area contributed by atoms with Gasteiger partial charge in [0.25, 0.3) is 0 Å². The van der Waals surface area contributed by atoms with E-state index in [1.165, 1.54) is 17.5 Å². The number of rotatable bonds is 2. The molecule has 1 unspecified atom stereocenters. The number of aliphatic hydroxyl groups excluding tert-OH is 1. The standard InChI is InChI=1S/C12H16O2/c1-8-3-4-9-5-10(7-13)12(14-2)6-11(8)9/h5-6,8,13H,3-4,7H2,1-2H3. The number of hydrogen-bond donors (Lipinski definition) is 1. The maximum atomic E-state index is 9.17. The SMILES string of the molecule is COc1cc2c(cc1CO)CCC2C. The van der Waals surface area contributed by atoms with Gasteiger partial charge in [-0.15, -0.1) is 0 Å². The van der Waals surface area contributed by atoms with Gasteiger partial charge in [0.2, 0.25) is 0 Å². The van der Waals surface area contributed by atoms with E-state index < -0.39 is 0 Å². The molecule has 0 aromatic heterocycles. The highest BCUT2D eigenvalue weighted by Crippen LogP contribution is 2.36. The van der Waals surface area contributed by atoms with Crippen molar-refractivity contribution in [1.82, 2.24) is 0 Å². The fraction of sp³-hybridized carbons (Fsp3) is 0.500. The summed E-state index contributed by atoms with van der Waals surface area (Å²) in [7, 11) is 1.65. The molecule has 14 heavy (non-hydrogen) atoms. The molecule has 1 aliphatic carbocycles. The maximum absolute atomic E-state index is 9.17. The molecule has 1 aliphatic rings. The molecule has 0 saturated carbocycles. The Balaban J connectivity index is 2.49. The van der Waals surface area contributed by atoms with E-state index in [-0.39, 0.29) is 6.61 Å². The number of hydrogen-bond acceptors (Lipinski definition) is 2. The number of benzene rings is 1. The molecule has 0 bridgehead atoms. The van der Waals surface area contributed by atoms with Crippen LogP contribution in [0.15, 0.2) is 12.1 Å². The van der Waals surface area contributed by atoms with Gasteiger partial charge in [0, 0.05) is 5.56 Å². The lowest BCUT2D eigenvalue weighted by molar-refractivity contribution is 0.273. The molecule has 1 atom stereocenters. The molecule has 0 saturated heterocycles. The summed E-state index contributed by atoms with van der Waals surface area (Å²) in [5.74, 6) is 1.45. The van der Waals surface area contributed by atoms with Crippen LogP contribution in [0.5, 0.6) is 5.75 Å². The highest BCUT2D eigenvalue weighted by atomic mass is 16.5. The fourth-order valence-corrected chi connectivity index (χ4v) is 2.21. The molecule has 0 aliphatic heterocycles. The minimum atomic E-state index is 0.0604. The van der Waals surface area contributed by atoms with Gasteiger partial charge in [-0.05, 0) is 42.0 Å². The molecular formula is C12H16O2. The van der Waals surface area contributed by atoms with Gasteiger partial charge >= 0.3 is 0 Å². The molecule has 0 amide bonds. The van der Waals surface area contributed by atoms with Gasteiger partial charge in [-0.3, -0.25) is 0 Å². The van der Waals surface area contributed by atoms with Gasteiger partial charge in [-0.25, -0.2) is 0 Å². The van der Waals surface area contributed by atoms with E-state index in [4.69, 9.17) is 9.84 Å². The summed E-state index contributed by atoms with van der Waals surface area (Å²) in [5.41, 5.74) is 3.67. The van der Waals surface area contributed by atoms with E-state index in [0.29, 0.717) is 5.92 Å². The van der Waals surface area contributed by atoms with Gasteiger partial charge in [0.15, 0.2) is 0 Å². The first-order valence-electron chi connectivity index (χ1n) is 5.06. The van der Waals surface area contributed by atoms with Crippen LogP contribution in [0.3, 0.4) is 0 Å². The van der Waals surface area contributed by atoms with E-state index in [0.717, 1.165) is 17.7 Å². The Morgan fingerprint density at radius 2 is 2.29 bits per heavy atom. The Bertz CT molecular complexity index is 344. The molecule has 1 N–H and O–H groups in total. The van der Waals surface area contributed by atoms with Crippen molar-refractivity contribution in [3.63, 3.8) is 0 Å². The van der Waals surface area contributed by atoms with E-state index in [1.807, 2.05) is 0 Å². The molecular weight excluding hydrogens is 176 g/mol. The predicted molar refractivity (Wildman–Crippen MR) is 55.7 cm³/mol. The molecule has 0 heterocycles. The lowest BCUT2D eigenvalue weighted by atomic mass is 10.0. The summed E-state index contributed by atoms with van der Waals surface area (Å²) < 4.78 is 5.25. The molecule has 2 heteroatoms. The Morgan fingerprint density at radius 3 is 2.93 bits per heavy atom. The number of methoxy groups -OCH3 is 1. The van der Waals surface area contributed by atoms with Crippen LogP contribution < -0.4 is 4.74 Å². The second kappa shape index (κ2) is 3.62. The highest BCUT2D eigenvalue weighted by molar-refractivity contribution is 5.46. The van der Waals surface area contributed by atoms with Gasteiger partial charge in [0.1, 0.15) is 5.75 Å². The first-order chi connectivity index (χ1) is 6.76. The van der Waals surface area contributed by atoms with E-state index in [1.54, 1.807) is 7.11 Å². The molecule has 1 aromatic rings. The van der Waals surface area contributed by atoms with Crippen molar-refractivity contribution in [3.8, 4) is 5.75 Å². The Labute approximate surface area is 84.5 Å². The summed E-state index contributed by atoms with van der Waals surface area (Å²) in [6, 6.07) is 4.16. The van der Waals surface area contributed by atoms with Gasteiger partial charge < -0.3 is 9.84 Å². The number of fused-ring (bicyclic) bond motifs is 1. The monoisotopic (exact) mass is 192 g/mol. The number of ether oxygens (including phenoxy) is 1. The van der Waals surface area contributed by atoms with E-state index >= 15 is 0 Å². The van der Waals surface area contributed by atoms with Gasteiger partial charge in [-0.1, -0.05) is 6.92 Å². The number of aliphatic hydroxyl groups is 1. The van der Waals surface area contributed by atoms with Crippen molar-refractivity contribution >= 4 is 0 Å². The summed E-state index contributed by atoms with van der Waals surface area (Å²) in [6.45, 7) is 2.30. The Kier molecular flexibility index (Phi) is 2.46. The quantitative estimate of drug-likeness (QED) is 0.778. The van der Waals surface area contributed by atoms with Crippen LogP contribution in [0.25, 0.3) is 0 Å². The minimum Gasteiger partial charge on any atom is -0.496 e. The van der Waals surface area contributed by atoms with Crippen LogP contribution in [0, 0.1) is 0 Å². The predicted octanol–water partition coefficient (Wildman–Crippen LogP) is 2.24. The smallest absolute Gasteiger partial charge is 0.124 e. The molecule has 0 radical (unpaired) electrons. The average Bonchev–Trinajstić information content (AvgIpc) is 2.58. The zero-order valence-corrected chi connectivity index (χ0v) is 8.71. The zero-order valence-electron chi connectivity index (χ0n) is 8.71. The summed E-state index contributed by atoms with van der Waals surface area (Å²) >= 11 is 0. The zero-order chi connectivity index (χ0) is 10.1. The highest BCUT2D eigenvalue weighted by Gasteiger charge is 2.20. The summed E-state index contributed by atoms with van der Waals surface area (Å²) in [5, 5.41) is 9.17. The van der Waals surface area contributed by atoms with Crippen LogP contribution in [0.2, 0.25) is 0 Å². The molecule has 0 fully saturated rings. The first-order valence-corrected chi connectivity index (χ1v) is 5.06. The normalized spacial score (nSPS) is 19.5. The molecule has 1 aromatic carbocycles. The van der Waals surface area contributed by atoms with Crippen molar-refractivity contribution in [2.45, 2.75) is 32.3 Å². The lowest BCUT2D eigenvalue weighted by Crippen LogP contribution is -1.96. The average molecular weight is 192 g/mol. The summed E-state index contributed by atoms with van der Waals surface area (Å²) in [6.07, 6.45) is 2.35. The van der Waals surface area contributed by atoms with Crippen LogP contribution in [-0.4, -0.2) is 12.2 Å².